The smallest absolute Gasteiger partial charge is 0.253 e. The van der Waals surface area contributed by atoms with Crippen LogP contribution in [0.2, 0.25) is 0 Å². The highest BCUT2D eigenvalue weighted by Crippen LogP contribution is 2.36. The van der Waals surface area contributed by atoms with Crippen LogP contribution in [0, 0.1) is 0 Å². The molecule has 3 rings (SSSR count). The summed E-state index contributed by atoms with van der Waals surface area (Å²) < 4.78 is 15.9. The van der Waals surface area contributed by atoms with Gasteiger partial charge in [0.25, 0.3) is 5.91 Å². The van der Waals surface area contributed by atoms with Gasteiger partial charge in [0.2, 0.25) is 6.79 Å². The summed E-state index contributed by atoms with van der Waals surface area (Å²) in [6, 6.07) is 3.26. The van der Waals surface area contributed by atoms with Crippen molar-refractivity contribution in [3.8, 4) is 11.5 Å². The van der Waals surface area contributed by atoms with Crippen LogP contribution in [0.15, 0.2) is 12.1 Å². The van der Waals surface area contributed by atoms with Crippen LogP contribution < -0.4 is 20.5 Å². The Morgan fingerprint density at radius 1 is 1.37 bits per heavy atom. The molecule has 19 heavy (non-hydrogen) atoms. The first kappa shape index (κ1) is 12.1. The molecule has 2 heterocycles. The minimum Gasteiger partial charge on any atom is -0.454 e. The number of rotatable bonds is 2. The molecule has 1 fully saturated rings. The van der Waals surface area contributed by atoms with E-state index in [9.17, 15) is 4.79 Å². The molecule has 1 aromatic rings. The third-order valence-electron chi connectivity index (χ3n) is 3.48. The number of fused-ring (bicyclic) bond motifs is 1. The third-order valence-corrected chi connectivity index (χ3v) is 3.48. The number of hydrogen-bond donors (Lipinski definition) is 2. The number of ether oxygens (including phenoxy) is 3. The molecule has 6 nitrogen and oxygen atoms in total. The predicted octanol–water partition coefficient (Wildman–Crippen LogP) is 0.905. The van der Waals surface area contributed by atoms with E-state index in [2.05, 4.69) is 5.32 Å². The normalized spacial score (nSPS) is 24.5. The van der Waals surface area contributed by atoms with Crippen molar-refractivity contribution in [2.45, 2.75) is 25.5 Å². The van der Waals surface area contributed by atoms with E-state index in [1.54, 1.807) is 12.1 Å². The summed E-state index contributed by atoms with van der Waals surface area (Å²) in [6.45, 7) is 2.77. The van der Waals surface area contributed by atoms with Gasteiger partial charge in [0.05, 0.1) is 17.7 Å². The second kappa shape index (κ2) is 4.62. The summed E-state index contributed by atoms with van der Waals surface area (Å²) in [4.78, 5) is 12.2. The van der Waals surface area contributed by atoms with Gasteiger partial charge in [-0.3, -0.25) is 4.79 Å². The molecule has 0 spiro atoms. The number of nitrogens with two attached hydrogens (primary N) is 1. The topological polar surface area (TPSA) is 82.8 Å². The van der Waals surface area contributed by atoms with Gasteiger partial charge in [-0.25, -0.2) is 0 Å². The Kier molecular flexibility index (Phi) is 2.94. The second-order valence-electron chi connectivity index (χ2n) is 4.74. The van der Waals surface area contributed by atoms with E-state index in [-0.39, 0.29) is 24.8 Å². The first-order valence-corrected chi connectivity index (χ1v) is 6.27. The summed E-state index contributed by atoms with van der Waals surface area (Å²) in [5, 5.41) is 2.94. The summed E-state index contributed by atoms with van der Waals surface area (Å²) >= 11 is 0. The molecule has 1 aromatic carbocycles. The van der Waals surface area contributed by atoms with Gasteiger partial charge in [0.1, 0.15) is 0 Å². The molecule has 0 aliphatic carbocycles. The summed E-state index contributed by atoms with van der Waals surface area (Å²) in [5.74, 6) is 0.917. The van der Waals surface area contributed by atoms with Crippen LogP contribution in [0.1, 0.15) is 23.7 Å². The van der Waals surface area contributed by atoms with Crippen molar-refractivity contribution in [3.63, 3.8) is 0 Å². The molecule has 102 valence electrons. The number of carbonyl (C=O) groups is 1. The highest BCUT2D eigenvalue weighted by molar-refractivity contribution is 6.00. The molecule has 2 aliphatic rings. The molecular formula is C13H16N2O4. The highest BCUT2D eigenvalue weighted by Gasteiger charge is 2.27. The second-order valence-corrected chi connectivity index (χ2v) is 4.74. The lowest BCUT2D eigenvalue weighted by Crippen LogP contribution is -2.39. The van der Waals surface area contributed by atoms with Crippen molar-refractivity contribution in [1.29, 1.82) is 0 Å². The maximum Gasteiger partial charge on any atom is 0.253 e. The molecule has 2 atom stereocenters. The van der Waals surface area contributed by atoms with Crippen molar-refractivity contribution in [3.05, 3.63) is 17.7 Å². The number of nitrogen functional groups attached to an aromatic ring is 1. The van der Waals surface area contributed by atoms with E-state index >= 15 is 0 Å². The molecule has 2 unspecified atom stereocenters. The average molecular weight is 264 g/mol. The number of hydrogen-bond acceptors (Lipinski definition) is 5. The van der Waals surface area contributed by atoms with E-state index < -0.39 is 0 Å². The van der Waals surface area contributed by atoms with Gasteiger partial charge >= 0.3 is 0 Å². The van der Waals surface area contributed by atoms with Crippen LogP contribution in [-0.2, 0) is 4.74 Å². The third kappa shape index (κ3) is 2.19. The molecule has 0 aromatic heterocycles. The Morgan fingerprint density at radius 3 is 2.79 bits per heavy atom. The quantitative estimate of drug-likeness (QED) is 0.776. The van der Waals surface area contributed by atoms with Crippen LogP contribution >= 0.6 is 0 Å². The van der Waals surface area contributed by atoms with Gasteiger partial charge in [0, 0.05) is 18.4 Å². The number of benzene rings is 1. The lowest BCUT2D eigenvalue weighted by molar-refractivity contribution is 0.0866. The van der Waals surface area contributed by atoms with Gasteiger partial charge in [0.15, 0.2) is 11.5 Å². The van der Waals surface area contributed by atoms with Gasteiger partial charge in [-0.05, 0) is 19.4 Å². The van der Waals surface area contributed by atoms with Crippen LogP contribution in [-0.4, -0.2) is 31.5 Å². The Hall–Kier alpha value is -1.95. The van der Waals surface area contributed by atoms with Gasteiger partial charge < -0.3 is 25.3 Å². The molecule has 0 bridgehead atoms. The number of carbonyl (C=O) groups excluding carboxylic acids is 1. The number of amides is 1. The van der Waals surface area contributed by atoms with E-state index in [1.807, 2.05) is 6.92 Å². The SMILES string of the molecule is CC1OCCC1NC(=O)c1cc2c(cc1N)OCO2. The first-order valence-electron chi connectivity index (χ1n) is 6.27. The lowest BCUT2D eigenvalue weighted by Gasteiger charge is -2.16. The van der Waals surface area contributed by atoms with E-state index in [0.717, 1.165) is 6.42 Å². The molecule has 3 N–H and O–H groups in total. The lowest BCUT2D eigenvalue weighted by atomic mass is 10.1. The maximum atomic E-state index is 12.2. The molecule has 1 saturated heterocycles. The minimum atomic E-state index is -0.210. The van der Waals surface area contributed by atoms with Crippen LogP contribution in [0.4, 0.5) is 5.69 Å². The number of anilines is 1. The zero-order chi connectivity index (χ0) is 13.4. The fourth-order valence-corrected chi connectivity index (χ4v) is 2.32. The standard InChI is InChI=1S/C13H16N2O4/c1-7-10(2-3-17-7)15-13(16)8-4-11-12(5-9(8)14)19-6-18-11/h4-5,7,10H,2-3,6,14H2,1H3,(H,15,16). The monoisotopic (exact) mass is 264 g/mol. The molecule has 1 amide bonds. The van der Waals surface area contributed by atoms with Crippen LogP contribution in [0.3, 0.4) is 0 Å². The summed E-state index contributed by atoms with van der Waals surface area (Å²) in [6.07, 6.45) is 0.844. The Bertz CT molecular complexity index is 518. The molecular weight excluding hydrogens is 248 g/mol. The average Bonchev–Trinajstić information content (AvgIpc) is 2.97. The fourth-order valence-electron chi connectivity index (χ4n) is 2.32. The molecule has 0 saturated carbocycles. The van der Waals surface area contributed by atoms with Crippen molar-refractivity contribution in [1.82, 2.24) is 5.32 Å². The van der Waals surface area contributed by atoms with E-state index in [4.69, 9.17) is 19.9 Å². The van der Waals surface area contributed by atoms with Gasteiger partial charge in [-0.15, -0.1) is 0 Å². The van der Waals surface area contributed by atoms with E-state index in [1.165, 1.54) is 0 Å². The van der Waals surface area contributed by atoms with Crippen molar-refractivity contribution < 1.29 is 19.0 Å². The Balaban J connectivity index is 1.80. The Labute approximate surface area is 110 Å². The van der Waals surface area contributed by atoms with Crippen molar-refractivity contribution in [2.24, 2.45) is 0 Å². The Morgan fingerprint density at radius 2 is 2.11 bits per heavy atom. The zero-order valence-corrected chi connectivity index (χ0v) is 10.6. The first-order chi connectivity index (χ1) is 9.15. The van der Waals surface area contributed by atoms with E-state index in [0.29, 0.717) is 29.4 Å². The van der Waals surface area contributed by atoms with Crippen LogP contribution in [0.25, 0.3) is 0 Å². The van der Waals surface area contributed by atoms with Crippen molar-refractivity contribution >= 4 is 11.6 Å². The fraction of sp³-hybridized carbons (Fsp3) is 0.462. The minimum absolute atomic E-state index is 0.0253. The largest absolute Gasteiger partial charge is 0.454 e. The molecule has 2 aliphatic heterocycles. The van der Waals surface area contributed by atoms with Gasteiger partial charge in [-0.2, -0.15) is 0 Å². The molecule has 0 radical (unpaired) electrons. The summed E-state index contributed by atoms with van der Waals surface area (Å²) in [7, 11) is 0. The maximum absolute atomic E-state index is 12.2. The zero-order valence-electron chi connectivity index (χ0n) is 10.6. The highest BCUT2D eigenvalue weighted by atomic mass is 16.7. The summed E-state index contributed by atoms with van der Waals surface area (Å²) in [5.41, 5.74) is 6.66. The predicted molar refractivity (Wildman–Crippen MR) is 68.3 cm³/mol. The van der Waals surface area contributed by atoms with Gasteiger partial charge in [-0.1, -0.05) is 0 Å². The van der Waals surface area contributed by atoms with Crippen molar-refractivity contribution in [2.75, 3.05) is 19.1 Å². The van der Waals surface area contributed by atoms with Crippen LogP contribution in [0.5, 0.6) is 11.5 Å². The number of nitrogens with one attached hydrogen (secondary N) is 1. The molecule has 6 heteroatoms.